The van der Waals surface area contributed by atoms with Crippen LogP contribution < -0.4 is 5.32 Å². The molecule has 20 heavy (non-hydrogen) atoms. The highest BCUT2D eigenvalue weighted by Crippen LogP contribution is 2.06. The fourth-order valence-corrected chi connectivity index (χ4v) is 2.57. The minimum Gasteiger partial charge on any atom is -0.341 e. The molecule has 112 valence electrons. The van der Waals surface area contributed by atoms with E-state index in [1.807, 2.05) is 0 Å². The Morgan fingerprint density at radius 3 is 1.85 bits per heavy atom. The van der Waals surface area contributed by atoms with E-state index in [0.717, 1.165) is 19.5 Å². The Morgan fingerprint density at radius 2 is 1.25 bits per heavy atom. The summed E-state index contributed by atoms with van der Waals surface area (Å²) in [5.41, 5.74) is 0. The number of hydrogen-bond acceptors (Lipinski definition) is 4. The van der Waals surface area contributed by atoms with Crippen LogP contribution in [0, 0.1) is 0 Å². The van der Waals surface area contributed by atoms with Crippen LogP contribution in [0.4, 0.5) is 0 Å². The Bertz CT molecular complexity index is 393. The van der Waals surface area contributed by atoms with Crippen molar-refractivity contribution in [3.63, 3.8) is 0 Å². The standard InChI is InChI=1S/C13H22N4O3/c1-11(18)15-5-2-6-16(10-9-15)12(19)13(20)17-7-3-14-4-8-17/h14H,2-10H2,1H3. The number of hydrogen-bond donors (Lipinski definition) is 1. The maximum absolute atomic E-state index is 12.2. The number of nitrogens with zero attached hydrogens (tertiary/aromatic N) is 3. The normalized spacial score (nSPS) is 20.6. The molecule has 3 amide bonds. The number of carbonyl (C=O) groups is 3. The average molecular weight is 282 g/mol. The number of amides is 3. The summed E-state index contributed by atoms with van der Waals surface area (Å²) >= 11 is 0. The van der Waals surface area contributed by atoms with Crippen LogP contribution >= 0.6 is 0 Å². The third kappa shape index (κ3) is 3.47. The lowest BCUT2D eigenvalue weighted by atomic mass is 10.3. The highest BCUT2D eigenvalue weighted by Gasteiger charge is 2.29. The molecule has 2 aliphatic rings. The molecule has 0 aromatic heterocycles. The first-order valence-corrected chi connectivity index (χ1v) is 7.14. The Balaban J connectivity index is 1.91. The van der Waals surface area contributed by atoms with Gasteiger partial charge in [0.05, 0.1) is 0 Å². The van der Waals surface area contributed by atoms with Crippen molar-refractivity contribution in [2.24, 2.45) is 0 Å². The van der Waals surface area contributed by atoms with Gasteiger partial charge in [0.1, 0.15) is 0 Å². The zero-order valence-electron chi connectivity index (χ0n) is 11.9. The second-order valence-corrected chi connectivity index (χ2v) is 5.19. The predicted molar refractivity (Wildman–Crippen MR) is 72.9 cm³/mol. The van der Waals surface area contributed by atoms with Gasteiger partial charge in [-0.25, -0.2) is 0 Å². The van der Waals surface area contributed by atoms with E-state index in [1.165, 1.54) is 6.92 Å². The SMILES string of the molecule is CC(=O)N1CCCN(C(=O)C(=O)N2CCNCC2)CC1. The van der Waals surface area contributed by atoms with Gasteiger partial charge in [-0.15, -0.1) is 0 Å². The Labute approximate surface area is 118 Å². The Morgan fingerprint density at radius 1 is 0.750 bits per heavy atom. The molecule has 0 radical (unpaired) electrons. The number of nitrogens with one attached hydrogen (secondary N) is 1. The molecule has 0 atom stereocenters. The van der Waals surface area contributed by atoms with Gasteiger partial charge >= 0.3 is 11.8 Å². The van der Waals surface area contributed by atoms with Crippen LogP contribution in [0.2, 0.25) is 0 Å². The van der Waals surface area contributed by atoms with Crippen LogP contribution in [0.5, 0.6) is 0 Å². The fourth-order valence-electron chi connectivity index (χ4n) is 2.57. The molecular weight excluding hydrogens is 260 g/mol. The highest BCUT2D eigenvalue weighted by atomic mass is 16.2. The van der Waals surface area contributed by atoms with E-state index in [0.29, 0.717) is 39.3 Å². The zero-order chi connectivity index (χ0) is 14.5. The van der Waals surface area contributed by atoms with E-state index in [2.05, 4.69) is 5.32 Å². The van der Waals surface area contributed by atoms with Crippen LogP contribution in [0.15, 0.2) is 0 Å². The molecule has 2 fully saturated rings. The van der Waals surface area contributed by atoms with Gasteiger partial charge in [0, 0.05) is 59.3 Å². The molecule has 1 N–H and O–H groups in total. The van der Waals surface area contributed by atoms with Crippen molar-refractivity contribution >= 4 is 17.7 Å². The Hall–Kier alpha value is -1.63. The van der Waals surface area contributed by atoms with Crippen molar-refractivity contribution < 1.29 is 14.4 Å². The summed E-state index contributed by atoms with van der Waals surface area (Å²) in [6.45, 7) is 6.31. The van der Waals surface area contributed by atoms with Gasteiger partial charge in [0.2, 0.25) is 5.91 Å². The van der Waals surface area contributed by atoms with Crippen molar-refractivity contribution in [1.82, 2.24) is 20.0 Å². The summed E-state index contributed by atoms with van der Waals surface area (Å²) < 4.78 is 0. The van der Waals surface area contributed by atoms with Gasteiger partial charge in [-0.3, -0.25) is 14.4 Å². The van der Waals surface area contributed by atoms with E-state index in [1.54, 1.807) is 14.7 Å². The molecule has 2 rings (SSSR count). The topological polar surface area (TPSA) is 73.0 Å². The molecule has 2 heterocycles. The van der Waals surface area contributed by atoms with Crippen molar-refractivity contribution in [3.8, 4) is 0 Å². The first-order valence-electron chi connectivity index (χ1n) is 7.14. The summed E-state index contributed by atoms with van der Waals surface area (Å²) in [6.07, 6.45) is 0.722. The molecule has 0 saturated carbocycles. The number of carbonyl (C=O) groups excluding carboxylic acids is 3. The molecule has 7 nitrogen and oxygen atoms in total. The van der Waals surface area contributed by atoms with Crippen LogP contribution in [0.3, 0.4) is 0 Å². The monoisotopic (exact) mass is 282 g/mol. The van der Waals surface area contributed by atoms with Gasteiger partial charge in [-0.1, -0.05) is 0 Å². The lowest BCUT2D eigenvalue weighted by molar-refractivity contribution is -0.152. The van der Waals surface area contributed by atoms with Crippen LogP contribution in [-0.4, -0.2) is 84.8 Å². The minimum absolute atomic E-state index is 0.0210. The van der Waals surface area contributed by atoms with Crippen molar-refractivity contribution in [3.05, 3.63) is 0 Å². The molecule has 0 unspecified atom stereocenters. The van der Waals surface area contributed by atoms with E-state index in [4.69, 9.17) is 0 Å². The number of rotatable bonds is 0. The summed E-state index contributed by atoms with van der Waals surface area (Å²) in [6, 6.07) is 0. The highest BCUT2D eigenvalue weighted by molar-refractivity contribution is 6.34. The van der Waals surface area contributed by atoms with Crippen LogP contribution in [0.1, 0.15) is 13.3 Å². The molecule has 0 spiro atoms. The summed E-state index contributed by atoms with van der Waals surface area (Å²) in [5, 5.41) is 3.15. The van der Waals surface area contributed by atoms with E-state index in [-0.39, 0.29) is 5.91 Å². The average Bonchev–Trinajstić information content (AvgIpc) is 2.72. The molecular formula is C13H22N4O3. The first-order chi connectivity index (χ1) is 9.59. The molecule has 0 aliphatic carbocycles. The maximum Gasteiger partial charge on any atom is 0.312 e. The molecule has 0 bridgehead atoms. The lowest BCUT2D eigenvalue weighted by Gasteiger charge is -2.29. The van der Waals surface area contributed by atoms with Crippen LogP contribution in [0.25, 0.3) is 0 Å². The second kappa shape index (κ2) is 6.69. The van der Waals surface area contributed by atoms with Crippen molar-refractivity contribution in [2.75, 3.05) is 52.4 Å². The molecule has 0 aromatic carbocycles. The van der Waals surface area contributed by atoms with Gasteiger partial charge in [-0.2, -0.15) is 0 Å². The zero-order valence-corrected chi connectivity index (χ0v) is 11.9. The molecule has 7 heteroatoms. The van der Waals surface area contributed by atoms with E-state index in [9.17, 15) is 14.4 Å². The van der Waals surface area contributed by atoms with Crippen molar-refractivity contribution in [2.45, 2.75) is 13.3 Å². The van der Waals surface area contributed by atoms with Gasteiger partial charge in [-0.05, 0) is 6.42 Å². The smallest absolute Gasteiger partial charge is 0.312 e. The summed E-state index contributed by atoms with van der Waals surface area (Å²) in [7, 11) is 0. The van der Waals surface area contributed by atoms with Crippen molar-refractivity contribution in [1.29, 1.82) is 0 Å². The maximum atomic E-state index is 12.2. The van der Waals surface area contributed by atoms with Crippen LogP contribution in [-0.2, 0) is 14.4 Å². The van der Waals surface area contributed by atoms with E-state index >= 15 is 0 Å². The Kier molecular flexibility index (Phi) is 4.94. The minimum atomic E-state index is -0.433. The quantitative estimate of drug-likeness (QED) is 0.549. The molecule has 0 aromatic rings. The predicted octanol–water partition coefficient (Wildman–Crippen LogP) is -1.50. The third-order valence-corrected chi connectivity index (χ3v) is 3.82. The molecule has 2 aliphatic heterocycles. The summed E-state index contributed by atoms with van der Waals surface area (Å²) in [5.74, 6) is -0.826. The molecule has 2 saturated heterocycles. The fraction of sp³-hybridized carbons (Fsp3) is 0.769. The third-order valence-electron chi connectivity index (χ3n) is 3.82. The van der Waals surface area contributed by atoms with E-state index < -0.39 is 11.8 Å². The van der Waals surface area contributed by atoms with Gasteiger partial charge in [0.15, 0.2) is 0 Å². The first kappa shape index (κ1) is 14.8. The van der Waals surface area contributed by atoms with Gasteiger partial charge < -0.3 is 20.0 Å². The summed E-state index contributed by atoms with van der Waals surface area (Å²) in [4.78, 5) is 40.6. The van der Waals surface area contributed by atoms with Gasteiger partial charge in [0.25, 0.3) is 0 Å². The number of piperazine rings is 1. The second-order valence-electron chi connectivity index (χ2n) is 5.19. The largest absolute Gasteiger partial charge is 0.341 e. The lowest BCUT2D eigenvalue weighted by Crippen LogP contribution is -2.52.